The second kappa shape index (κ2) is 5.22. The fourth-order valence-electron chi connectivity index (χ4n) is 3.13. The van der Waals surface area contributed by atoms with Gasteiger partial charge in [-0.2, -0.15) is 5.26 Å². The molecule has 0 aromatic heterocycles. The van der Waals surface area contributed by atoms with E-state index in [0.29, 0.717) is 6.42 Å². The van der Waals surface area contributed by atoms with Crippen LogP contribution in [0.25, 0.3) is 0 Å². The Balaban J connectivity index is 2.50. The van der Waals surface area contributed by atoms with Crippen LogP contribution in [0.2, 0.25) is 0 Å². The van der Waals surface area contributed by atoms with Gasteiger partial charge in [-0.1, -0.05) is 0 Å². The van der Waals surface area contributed by atoms with Crippen LogP contribution >= 0.6 is 0 Å². The van der Waals surface area contributed by atoms with Crippen molar-refractivity contribution in [3.8, 4) is 11.8 Å². The summed E-state index contributed by atoms with van der Waals surface area (Å²) in [7, 11) is 1.71. The molecule has 1 aromatic carbocycles. The SMILES string of the molecule is COc1cc(C)c(C2(CCC#N)COC2)c(C)c1C. The molecule has 2 rings (SSSR count). The lowest BCUT2D eigenvalue weighted by Crippen LogP contribution is -2.47. The minimum atomic E-state index is 0.0287. The van der Waals surface area contributed by atoms with Crippen molar-refractivity contribution in [3.05, 3.63) is 28.3 Å². The number of aryl methyl sites for hydroxylation is 1. The zero-order valence-electron chi connectivity index (χ0n) is 12.2. The number of rotatable bonds is 4. The molecule has 3 heteroatoms. The lowest BCUT2D eigenvalue weighted by atomic mass is 9.71. The van der Waals surface area contributed by atoms with Gasteiger partial charge in [-0.25, -0.2) is 0 Å². The van der Waals surface area contributed by atoms with Crippen LogP contribution in [0.15, 0.2) is 6.07 Å². The molecule has 0 unspecified atom stereocenters. The van der Waals surface area contributed by atoms with E-state index in [1.807, 2.05) is 0 Å². The van der Waals surface area contributed by atoms with E-state index < -0.39 is 0 Å². The number of hydrogen-bond acceptors (Lipinski definition) is 3. The normalized spacial score (nSPS) is 16.6. The summed E-state index contributed by atoms with van der Waals surface area (Å²) in [5.41, 5.74) is 5.08. The number of benzene rings is 1. The Kier molecular flexibility index (Phi) is 3.82. The summed E-state index contributed by atoms with van der Waals surface area (Å²) >= 11 is 0. The Hall–Kier alpha value is -1.53. The molecule has 1 heterocycles. The first-order valence-electron chi connectivity index (χ1n) is 6.65. The highest BCUT2D eigenvalue weighted by Gasteiger charge is 2.42. The van der Waals surface area contributed by atoms with Crippen LogP contribution in [0.3, 0.4) is 0 Å². The van der Waals surface area contributed by atoms with Gasteiger partial charge in [-0.05, 0) is 55.5 Å². The molecule has 1 aliphatic rings. The maximum Gasteiger partial charge on any atom is 0.122 e. The fraction of sp³-hybridized carbons (Fsp3) is 0.562. The number of ether oxygens (including phenoxy) is 2. The number of nitrogens with zero attached hydrogens (tertiary/aromatic N) is 1. The minimum absolute atomic E-state index is 0.0287. The van der Waals surface area contributed by atoms with Crippen molar-refractivity contribution in [2.24, 2.45) is 0 Å². The Bertz CT molecular complexity index is 525. The molecular formula is C16H21NO2. The maximum absolute atomic E-state index is 8.86. The van der Waals surface area contributed by atoms with Gasteiger partial charge in [0.2, 0.25) is 0 Å². The first-order chi connectivity index (χ1) is 9.05. The number of hydrogen-bond donors (Lipinski definition) is 0. The molecule has 1 aromatic rings. The van der Waals surface area contributed by atoms with Crippen molar-refractivity contribution in [2.75, 3.05) is 20.3 Å². The van der Waals surface area contributed by atoms with Crippen molar-refractivity contribution in [1.29, 1.82) is 5.26 Å². The third-order valence-electron chi connectivity index (χ3n) is 4.27. The van der Waals surface area contributed by atoms with Gasteiger partial charge >= 0.3 is 0 Å². The molecule has 0 atom stereocenters. The van der Waals surface area contributed by atoms with Gasteiger partial charge < -0.3 is 9.47 Å². The first-order valence-corrected chi connectivity index (χ1v) is 6.65. The molecule has 102 valence electrons. The fourth-order valence-corrected chi connectivity index (χ4v) is 3.13. The number of methoxy groups -OCH3 is 1. The van der Waals surface area contributed by atoms with Crippen LogP contribution in [0, 0.1) is 32.1 Å². The molecule has 0 bridgehead atoms. The largest absolute Gasteiger partial charge is 0.496 e. The van der Waals surface area contributed by atoms with Crippen LogP contribution in [-0.2, 0) is 10.2 Å². The highest BCUT2D eigenvalue weighted by molar-refractivity contribution is 5.52. The molecule has 1 fully saturated rings. The van der Waals surface area contributed by atoms with Crippen molar-refractivity contribution in [1.82, 2.24) is 0 Å². The van der Waals surface area contributed by atoms with E-state index in [4.69, 9.17) is 14.7 Å². The Labute approximate surface area is 115 Å². The Morgan fingerprint density at radius 2 is 2.00 bits per heavy atom. The van der Waals surface area contributed by atoms with Crippen molar-refractivity contribution < 1.29 is 9.47 Å². The van der Waals surface area contributed by atoms with Crippen LogP contribution in [0.4, 0.5) is 0 Å². The van der Waals surface area contributed by atoms with Crippen LogP contribution < -0.4 is 4.74 Å². The van der Waals surface area contributed by atoms with Crippen molar-refractivity contribution in [2.45, 2.75) is 39.0 Å². The second-order valence-corrected chi connectivity index (χ2v) is 5.45. The average Bonchev–Trinajstić information content (AvgIpc) is 2.35. The molecule has 3 nitrogen and oxygen atoms in total. The predicted molar refractivity (Wildman–Crippen MR) is 74.5 cm³/mol. The minimum Gasteiger partial charge on any atom is -0.496 e. The van der Waals surface area contributed by atoms with Gasteiger partial charge in [-0.3, -0.25) is 0 Å². The molecule has 19 heavy (non-hydrogen) atoms. The zero-order valence-corrected chi connectivity index (χ0v) is 12.2. The molecule has 0 amide bonds. The van der Waals surface area contributed by atoms with E-state index in [9.17, 15) is 0 Å². The summed E-state index contributed by atoms with van der Waals surface area (Å²) in [6.07, 6.45) is 1.45. The second-order valence-electron chi connectivity index (χ2n) is 5.45. The van der Waals surface area contributed by atoms with Crippen LogP contribution in [0.1, 0.15) is 35.1 Å². The zero-order chi connectivity index (χ0) is 14.0. The van der Waals surface area contributed by atoms with Gasteiger partial charge in [0.1, 0.15) is 5.75 Å². The lowest BCUT2D eigenvalue weighted by Gasteiger charge is -2.44. The van der Waals surface area contributed by atoms with E-state index in [2.05, 4.69) is 32.9 Å². The molecule has 0 saturated carbocycles. The maximum atomic E-state index is 8.86. The molecule has 0 aliphatic carbocycles. The summed E-state index contributed by atoms with van der Waals surface area (Å²) in [5.74, 6) is 0.939. The van der Waals surface area contributed by atoms with E-state index in [1.165, 1.54) is 22.3 Å². The highest BCUT2D eigenvalue weighted by atomic mass is 16.5. The van der Waals surface area contributed by atoms with E-state index in [0.717, 1.165) is 25.4 Å². The third-order valence-corrected chi connectivity index (χ3v) is 4.27. The smallest absolute Gasteiger partial charge is 0.122 e. The Morgan fingerprint density at radius 1 is 1.32 bits per heavy atom. The van der Waals surface area contributed by atoms with E-state index in [-0.39, 0.29) is 5.41 Å². The van der Waals surface area contributed by atoms with Crippen molar-refractivity contribution >= 4 is 0 Å². The molecule has 1 saturated heterocycles. The summed E-state index contributed by atoms with van der Waals surface area (Å²) < 4.78 is 10.9. The first kappa shape index (κ1) is 13.9. The third kappa shape index (κ3) is 2.21. The van der Waals surface area contributed by atoms with E-state index in [1.54, 1.807) is 7.11 Å². The van der Waals surface area contributed by atoms with E-state index >= 15 is 0 Å². The lowest BCUT2D eigenvalue weighted by molar-refractivity contribution is -0.0643. The quantitative estimate of drug-likeness (QED) is 0.834. The summed E-state index contributed by atoms with van der Waals surface area (Å²) in [6, 6.07) is 4.36. The monoisotopic (exact) mass is 259 g/mol. The van der Waals surface area contributed by atoms with Gasteiger partial charge in [-0.15, -0.1) is 0 Å². The van der Waals surface area contributed by atoms with Crippen LogP contribution in [0.5, 0.6) is 5.75 Å². The molecule has 0 N–H and O–H groups in total. The summed E-state index contributed by atoms with van der Waals surface area (Å²) in [5, 5.41) is 8.86. The molecule has 0 radical (unpaired) electrons. The molecule has 0 spiro atoms. The van der Waals surface area contributed by atoms with Crippen molar-refractivity contribution in [3.63, 3.8) is 0 Å². The summed E-state index contributed by atoms with van der Waals surface area (Å²) in [6.45, 7) is 7.81. The van der Waals surface area contributed by atoms with Gasteiger partial charge in [0.15, 0.2) is 0 Å². The topological polar surface area (TPSA) is 42.2 Å². The standard InChI is InChI=1S/C16H21NO2/c1-11-8-14(18-4)12(2)13(3)15(11)16(6-5-7-17)9-19-10-16/h8H,5-6,9-10H2,1-4H3. The van der Waals surface area contributed by atoms with Gasteiger partial charge in [0, 0.05) is 11.8 Å². The highest BCUT2D eigenvalue weighted by Crippen LogP contribution is 2.42. The molecular weight excluding hydrogens is 238 g/mol. The predicted octanol–water partition coefficient (Wildman–Crippen LogP) is 3.19. The Morgan fingerprint density at radius 3 is 2.47 bits per heavy atom. The molecule has 1 aliphatic heterocycles. The van der Waals surface area contributed by atoms with Gasteiger partial charge in [0.05, 0.1) is 26.4 Å². The average molecular weight is 259 g/mol. The summed E-state index contributed by atoms with van der Waals surface area (Å²) in [4.78, 5) is 0. The van der Waals surface area contributed by atoms with Gasteiger partial charge in [0.25, 0.3) is 0 Å². The van der Waals surface area contributed by atoms with Crippen LogP contribution in [-0.4, -0.2) is 20.3 Å². The number of nitriles is 1.